The minimum Gasteiger partial charge on any atom is -0.368 e. The first-order valence-electron chi connectivity index (χ1n) is 9.37. The number of rotatable bonds is 2. The highest BCUT2D eigenvalue weighted by molar-refractivity contribution is 6.06. The van der Waals surface area contributed by atoms with Crippen molar-refractivity contribution >= 4 is 23.4 Å². The molecule has 136 valence electrons. The Kier molecular flexibility index (Phi) is 3.53. The SMILES string of the molecule is O=C1CCC(N2Cc3c(cccc3N3C[C@H]4CC[C@@H](C3)N4)C2=O)C(=O)N1. The quantitative estimate of drug-likeness (QED) is 0.751. The van der Waals surface area contributed by atoms with Crippen LogP contribution in [0.1, 0.15) is 41.6 Å². The molecular formula is C19H22N4O3. The number of benzene rings is 1. The Morgan fingerprint density at radius 2 is 1.77 bits per heavy atom. The summed E-state index contributed by atoms with van der Waals surface area (Å²) in [6.45, 7) is 2.36. The molecule has 0 saturated carbocycles. The van der Waals surface area contributed by atoms with E-state index in [0.717, 1.165) is 24.3 Å². The van der Waals surface area contributed by atoms with Gasteiger partial charge in [-0.2, -0.15) is 0 Å². The summed E-state index contributed by atoms with van der Waals surface area (Å²) in [5.41, 5.74) is 2.82. The fourth-order valence-electron chi connectivity index (χ4n) is 4.86. The predicted octanol–water partition coefficient (Wildman–Crippen LogP) is 0.388. The van der Waals surface area contributed by atoms with Gasteiger partial charge >= 0.3 is 0 Å². The molecule has 3 fully saturated rings. The number of anilines is 1. The number of fused-ring (bicyclic) bond motifs is 3. The Bertz CT molecular complexity index is 796. The maximum atomic E-state index is 12.9. The highest BCUT2D eigenvalue weighted by Gasteiger charge is 2.41. The van der Waals surface area contributed by atoms with Crippen LogP contribution in [-0.4, -0.2) is 53.8 Å². The molecule has 4 heterocycles. The predicted molar refractivity (Wildman–Crippen MR) is 94.6 cm³/mol. The largest absolute Gasteiger partial charge is 0.368 e. The molecule has 0 radical (unpaired) electrons. The number of hydrogen-bond acceptors (Lipinski definition) is 5. The molecule has 4 aliphatic rings. The van der Waals surface area contributed by atoms with Crippen LogP contribution in [0.4, 0.5) is 5.69 Å². The van der Waals surface area contributed by atoms with Crippen molar-refractivity contribution in [2.45, 2.75) is 50.4 Å². The van der Waals surface area contributed by atoms with Crippen LogP contribution in [0, 0.1) is 0 Å². The van der Waals surface area contributed by atoms with Crippen molar-refractivity contribution in [1.29, 1.82) is 0 Å². The van der Waals surface area contributed by atoms with Crippen molar-refractivity contribution in [3.8, 4) is 0 Å². The Hall–Kier alpha value is -2.41. The van der Waals surface area contributed by atoms with E-state index < -0.39 is 6.04 Å². The first-order valence-corrected chi connectivity index (χ1v) is 9.37. The molecule has 5 rings (SSSR count). The zero-order valence-corrected chi connectivity index (χ0v) is 14.5. The zero-order chi connectivity index (χ0) is 17.8. The van der Waals surface area contributed by atoms with Crippen molar-refractivity contribution in [2.75, 3.05) is 18.0 Å². The van der Waals surface area contributed by atoms with Crippen LogP contribution in [-0.2, 0) is 16.1 Å². The molecule has 7 heteroatoms. The van der Waals surface area contributed by atoms with E-state index in [9.17, 15) is 14.4 Å². The molecule has 1 aromatic carbocycles. The zero-order valence-electron chi connectivity index (χ0n) is 14.5. The van der Waals surface area contributed by atoms with Gasteiger partial charge in [0.25, 0.3) is 5.91 Å². The number of nitrogens with zero attached hydrogens (tertiary/aromatic N) is 2. The average molecular weight is 354 g/mol. The van der Waals surface area contributed by atoms with Gasteiger partial charge in [0.05, 0.1) is 0 Å². The van der Waals surface area contributed by atoms with E-state index in [-0.39, 0.29) is 24.1 Å². The topological polar surface area (TPSA) is 81.8 Å². The molecule has 0 aliphatic carbocycles. The Labute approximate surface area is 151 Å². The lowest BCUT2D eigenvalue weighted by Gasteiger charge is -2.35. The lowest BCUT2D eigenvalue weighted by molar-refractivity contribution is -0.136. The van der Waals surface area contributed by atoms with Crippen LogP contribution in [0.3, 0.4) is 0 Å². The molecule has 4 aliphatic heterocycles. The molecule has 7 nitrogen and oxygen atoms in total. The van der Waals surface area contributed by atoms with Gasteiger partial charge in [0.15, 0.2) is 0 Å². The Morgan fingerprint density at radius 3 is 2.50 bits per heavy atom. The van der Waals surface area contributed by atoms with E-state index in [1.807, 2.05) is 12.1 Å². The van der Waals surface area contributed by atoms with Gasteiger partial charge in [-0.3, -0.25) is 19.7 Å². The smallest absolute Gasteiger partial charge is 0.255 e. The van der Waals surface area contributed by atoms with Gasteiger partial charge in [0, 0.05) is 55.0 Å². The standard InChI is InChI=1S/C19H22N4O3/c24-17-7-6-16(18(25)21-17)23-10-14-13(19(23)26)2-1-3-15(14)22-8-11-4-5-12(9-22)20-11/h1-3,11-12,16,20H,4-10H2,(H,21,24,25)/t11-,12+,16?. The van der Waals surface area contributed by atoms with E-state index in [2.05, 4.69) is 21.6 Å². The fourth-order valence-corrected chi connectivity index (χ4v) is 4.86. The highest BCUT2D eigenvalue weighted by Crippen LogP contribution is 2.36. The summed E-state index contributed by atoms with van der Waals surface area (Å²) in [4.78, 5) is 40.6. The summed E-state index contributed by atoms with van der Waals surface area (Å²) in [7, 11) is 0. The minimum atomic E-state index is -0.556. The van der Waals surface area contributed by atoms with Crippen molar-refractivity contribution in [3.05, 3.63) is 29.3 Å². The first-order chi connectivity index (χ1) is 12.6. The molecular weight excluding hydrogens is 332 g/mol. The van der Waals surface area contributed by atoms with Crippen LogP contribution in [0.5, 0.6) is 0 Å². The monoisotopic (exact) mass is 354 g/mol. The molecule has 0 aromatic heterocycles. The average Bonchev–Trinajstić information content (AvgIpc) is 3.14. The van der Waals surface area contributed by atoms with Crippen molar-refractivity contribution in [2.24, 2.45) is 0 Å². The minimum absolute atomic E-state index is 0.102. The van der Waals surface area contributed by atoms with E-state index in [0.29, 0.717) is 30.6 Å². The van der Waals surface area contributed by atoms with Gasteiger partial charge in [0.2, 0.25) is 11.8 Å². The third kappa shape index (κ3) is 2.41. The molecule has 2 bridgehead atoms. The second-order valence-corrected chi connectivity index (χ2v) is 7.75. The molecule has 2 N–H and O–H groups in total. The second kappa shape index (κ2) is 5.81. The molecule has 26 heavy (non-hydrogen) atoms. The number of hydrogen-bond donors (Lipinski definition) is 2. The third-order valence-corrected chi connectivity index (χ3v) is 6.11. The second-order valence-electron chi connectivity index (χ2n) is 7.75. The van der Waals surface area contributed by atoms with Gasteiger partial charge < -0.3 is 15.1 Å². The summed E-state index contributed by atoms with van der Waals surface area (Å²) in [5.74, 6) is -0.717. The lowest BCUT2D eigenvalue weighted by atomic mass is 10.0. The number of carbonyl (C=O) groups is 3. The third-order valence-electron chi connectivity index (χ3n) is 6.11. The van der Waals surface area contributed by atoms with Gasteiger partial charge in [-0.05, 0) is 31.4 Å². The van der Waals surface area contributed by atoms with Crippen LogP contribution in [0.15, 0.2) is 18.2 Å². The first kappa shape index (κ1) is 15.8. The molecule has 1 aromatic rings. The van der Waals surface area contributed by atoms with Crippen LogP contribution in [0.2, 0.25) is 0 Å². The molecule has 3 atom stereocenters. The summed E-state index contributed by atoms with van der Waals surface area (Å²) < 4.78 is 0. The molecule has 3 saturated heterocycles. The molecule has 0 spiro atoms. The molecule has 3 amide bonds. The summed E-state index contributed by atoms with van der Waals surface area (Å²) >= 11 is 0. The van der Waals surface area contributed by atoms with E-state index in [4.69, 9.17) is 0 Å². The Balaban J connectivity index is 1.44. The van der Waals surface area contributed by atoms with Crippen molar-refractivity contribution in [1.82, 2.24) is 15.5 Å². The van der Waals surface area contributed by atoms with Crippen LogP contribution in [0.25, 0.3) is 0 Å². The van der Waals surface area contributed by atoms with Crippen molar-refractivity contribution in [3.63, 3.8) is 0 Å². The summed E-state index contributed by atoms with van der Waals surface area (Å²) in [5, 5.41) is 5.99. The summed E-state index contributed by atoms with van der Waals surface area (Å²) in [6, 6.07) is 6.36. The normalized spacial score (nSPS) is 30.6. The lowest BCUT2D eigenvalue weighted by Crippen LogP contribution is -2.52. The number of carbonyl (C=O) groups excluding carboxylic acids is 3. The number of amides is 3. The van der Waals surface area contributed by atoms with E-state index in [1.54, 1.807) is 4.90 Å². The maximum absolute atomic E-state index is 12.9. The van der Waals surface area contributed by atoms with Gasteiger partial charge in [-0.25, -0.2) is 0 Å². The van der Waals surface area contributed by atoms with Crippen LogP contribution < -0.4 is 15.5 Å². The fraction of sp³-hybridized carbons (Fsp3) is 0.526. The van der Waals surface area contributed by atoms with Gasteiger partial charge in [-0.15, -0.1) is 0 Å². The number of nitrogens with one attached hydrogen (secondary N) is 2. The van der Waals surface area contributed by atoms with E-state index >= 15 is 0 Å². The van der Waals surface area contributed by atoms with Crippen molar-refractivity contribution < 1.29 is 14.4 Å². The molecule has 1 unspecified atom stereocenters. The summed E-state index contributed by atoms with van der Waals surface area (Å²) in [6.07, 6.45) is 3.09. The number of imide groups is 1. The number of piperidine rings is 1. The number of piperazine rings is 1. The Morgan fingerprint density at radius 1 is 1.00 bits per heavy atom. The maximum Gasteiger partial charge on any atom is 0.255 e. The van der Waals surface area contributed by atoms with Gasteiger partial charge in [-0.1, -0.05) is 6.07 Å². The van der Waals surface area contributed by atoms with Gasteiger partial charge in [0.1, 0.15) is 6.04 Å². The van der Waals surface area contributed by atoms with E-state index in [1.165, 1.54) is 12.8 Å². The highest BCUT2D eigenvalue weighted by atomic mass is 16.2. The van der Waals surface area contributed by atoms with Crippen LogP contribution >= 0.6 is 0 Å².